The molecule has 1 aromatic rings. The summed E-state index contributed by atoms with van der Waals surface area (Å²) in [6.45, 7) is 0. The molecular formula is C8H10FISi. The molecule has 0 fully saturated rings. The van der Waals surface area contributed by atoms with Gasteiger partial charge in [-0.15, -0.1) is 0 Å². The van der Waals surface area contributed by atoms with Gasteiger partial charge in [-0.05, 0) is 46.7 Å². The zero-order chi connectivity index (χ0) is 8.27. The largest absolute Gasteiger partial charge is 0.206 e. The van der Waals surface area contributed by atoms with Gasteiger partial charge in [-0.25, -0.2) is 4.39 Å². The molecule has 0 saturated carbocycles. The lowest BCUT2D eigenvalue weighted by Crippen LogP contribution is -1.87. The van der Waals surface area contributed by atoms with Crippen LogP contribution in [0.4, 0.5) is 4.39 Å². The van der Waals surface area contributed by atoms with E-state index < -0.39 is 0 Å². The van der Waals surface area contributed by atoms with Gasteiger partial charge in [-0.2, -0.15) is 0 Å². The smallest absolute Gasteiger partial charge is 0.136 e. The van der Waals surface area contributed by atoms with Crippen LogP contribution in [-0.4, -0.2) is 10.2 Å². The number of aryl methyl sites for hydroxylation is 1. The molecule has 11 heavy (non-hydrogen) atoms. The summed E-state index contributed by atoms with van der Waals surface area (Å²) < 4.78 is 13.5. The third-order valence-electron chi connectivity index (χ3n) is 1.52. The van der Waals surface area contributed by atoms with Gasteiger partial charge < -0.3 is 0 Å². The van der Waals surface area contributed by atoms with Gasteiger partial charge >= 0.3 is 0 Å². The highest BCUT2D eigenvalue weighted by atomic mass is 127. The van der Waals surface area contributed by atoms with E-state index in [1.54, 1.807) is 6.07 Å². The van der Waals surface area contributed by atoms with Gasteiger partial charge in [0, 0.05) is 13.8 Å². The average Bonchev–Trinajstić information content (AvgIpc) is 1.98. The number of halogens is 2. The van der Waals surface area contributed by atoms with Crippen molar-refractivity contribution in [3.05, 3.63) is 33.1 Å². The molecule has 0 heterocycles. The maximum Gasteiger partial charge on any atom is 0.136 e. The van der Waals surface area contributed by atoms with Crippen LogP contribution in [0, 0.1) is 9.39 Å². The van der Waals surface area contributed by atoms with Crippen molar-refractivity contribution in [3.63, 3.8) is 0 Å². The van der Waals surface area contributed by atoms with E-state index in [0.717, 1.165) is 9.99 Å². The van der Waals surface area contributed by atoms with Crippen molar-refractivity contribution in [3.8, 4) is 0 Å². The van der Waals surface area contributed by atoms with Crippen molar-refractivity contribution in [2.45, 2.75) is 12.5 Å². The van der Waals surface area contributed by atoms with Crippen LogP contribution in [0.25, 0.3) is 0 Å². The molecule has 0 aliphatic rings. The van der Waals surface area contributed by atoms with E-state index in [1.165, 1.54) is 21.9 Å². The Morgan fingerprint density at radius 2 is 2.18 bits per heavy atom. The Morgan fingerprint density at radius 1 is 1.45 bits per heavy atom. The zero-order valence-corrected chi connectivity index (χ0v) is 10.6. The lowest BCUT2D eigenvalue weighted by molar-refractivity contribution is 0.619. The van der Waals surface area contributed by atoms with Gasteiger partial charge in [0.05, 0.1) is 0 Å². The summed E-state index contributed by atoms with van der Waals surface area (Å²) in [7, 11) is 1.22. The third-order valence-corrected chi connectivity index (χ3v) is 2.85. The summed E-state index contributed by atoms with van der Waals surface area (Å²) in [4.78, 5) is 0. The molecule has 0 bridgehead atoms. The minimum atomic E-state index is -0.109. The molecule has 0 aliphatic carbocycles. The monoisotopic (exact) mass is 280 g/mol. The van der Waals surface area contributed by atoms with Crippen molar-refractivity contribution in [1.82, 2.24) is 0 Å². The van der Waals surface area contributed by atoms with E-state index in [1.807, 2.05) is 34.7 Å². The molecule has 60 valence electrons. The first-order valence-electron chi connectivity index (χ1n) is 3.68. The predicted molar refractivity (Wildman–Crippen MR) is 57.6 cm³/mol. The second-order valence-electron chi connectivity index (χ2n) is 2.50. The zero-order valence-electron chi connectivity index (χ0n) is 6.40. The molecule has 3 heteroatoms. The van der Waals surface area contributed by atoms with Crippen LogP contribution in [0.3, 0.4) is 0 Å². The molecule has 0 spiro atoms. The second kappa shape index (κ2) is 4.20. The van der Waals surface area contributed by atoms with E-state index in [-0.39, 0.29) is 5.82 Å². The fraction of sp³-hybridized carbons (Fsp3) is 0.250. The molecule has 0 aromatic heterocycles. The van der Waals surface area contributed by atoms with Crippen molar-refractivity contribution >= 4 is 32.8 Å². The van der Waals surface area contributed by atoms with E-state index >= 15 is 0 Å². The minimum Gasteiger partial charge on any atom is -0.206 e. The van der Waals surface area contributed by atoms with Crippen molar-refractivity contribution in [1.29, 1.82) is 0 Å². The Kier molecular flexibility index (Phi) is 3.51. The summed E-state index contributed by atoms with van der Waals surface area (Å²) in [6, 6.07) is 6.60. The first-order valence-corrected chi connectivity index (χ1v) is 6.17. The van der Waals surface area contributed by atoms with E-state index in [4.69, 9.17) is 0 Å². The molecule has 0 amide bonds. The molecule has 0 atom stereocenters. The first-order chi connectivity index (χ1) is 5.24. The van der Waals surface area contributed by atoms with Crippen LogP contribution < -0.4 is 0 Å². The Balaban J connectivity index is 2.86. The molecule has 0 radical (unpaired) electrons. The van der Waals surface area contributed by atoms with Gasteiger partial charge in [0.1, 0.15) is 5.82 Å². The lowest BCUT2D eigenvalue weighted by atomic mass is 10.2. The van der Waals surface area contributed by atoms with Crippen molar-refractivity contribution < 1.29 is 4.39 Å². The maximum absolute atomic E-state index is 12.7. The van der Waals surface area contributed by atoms with Gasteiger partial charge in [0.15, 0.2) is 0 Å². The van der Waals surface area contributed by atoms with E-state index in [9.17, 15) is 4.39 Å². The van der Waals surface area contributed by atoms with Crippen LogP contribution in [0.1, 0.15) is 5.56 Å². The molecule has 0 nitrogen and oxygen atoms in total. The quantitative estimate of drug-likeness (QED) is 0.572. The highest BCUT2D eigenvalue weighted by Crippen LogP contribution is 2.13. The maximum atomic E-state index is 12.7. The van der Waals surface area contributed by atoms with Gasteiger partial charge in [0.25, 0.3) is 0 Å². The van der Waals surface area contributed by atoms with Gasteiger partial charge in [0.2, 0.25) is 0 Å². The SMILES string of the molecule is Fc1ccc(CC[SiH3])cc1I. The number of hydrogen-bond acceptors (Lipinski definition) is 0. The normalized spacial score (nSPS) is 10.4. The Bertz CT molecular complexity index is 250. The fourth-order valence-electron chi connectivity index (χ4n) is 0.984. The van der Waals surface area contributed by atoms with Crippen molar-refractivity contribution in [2.24, 2.45) is 0 Å². The standard InChI is InChI=1S/C8H10FISi/c9-7-2-1-6(3-4-11)5-8(7)10/h1-2,5H,3-4H2,11H3. The molecule has 0 aliphatic heterocycles. The number of rotatable bonds is 2. The Hall–Kier alpha value is 0.0969. The average molecular weight is 280 g/mol. The summed E-state index contributed by atoms with van der Waals surface area (Å²) in [5, 5.41) is 0. The van der Waals surface area contributed by atoms with E-state index in [0.29, 0.717) is 0 Å². The highest BCUT2D eigenvalue weighted by molar-refractivity contribution is 14.1. The second-order valence-corrected chi connectivity index (χ2v) is 4.66. The lowest BCUT2D eigenvalue weighted by Gasteiger charge is -1.99. The number of benzene rings is 1. The third kappa shape index (κ3) is 2.55. The fourth-order valence-corrected chi connectivity index (χ4v) is 2.14. The summed E-state index contributed by atoms with van der Waals surface area (Å²) in [5.74, 6) is -0.109. The number of hydrogen-bond donors (Lipinski definition) is 0. The van der Waals surface area contributed by atoms with Crippen molar-refractivity contribution in [2.75, 3.05) is 0 Å². The van der Waals surface area contributed by atoms with Crippen LogP contribution in [0.5, 0.6) is 0 Å². The first kappa shape index (κ1) is 9.19. The van der Waals surface area contributed by atoms with Gasteiger partial charge in [-0.1, -0.05) is 12.1 Å². The molecule has 0 unspecified atom stereocenters. The minimum absolute atomic E-state index is 0.109. The molecule has 1 aromatic carbocycles. The molecular weight excluding hydrogens is 270 g/mol. The van der Waals surface area contributed by atoms with Crippen LogP contribution in [0.2, 0.25) is 6.04 Å². The molecule has 1 rings (SSSR count). The Labute approximate surface area is 82.8 Å². The Morgan fingerprint density at radius 3 is 2.73 bits per heavy atom. The van der Waals surface area contributed by atoms with Crippen LogP contribution in [0.15, 0.2) is 18.2 Å². The van der Waals surface area contributed by atoms with Gasteiger partial charge in [-0.3, -0.25) is 0 Å². The summed E-state index contributed by atoms with van der Waals surface area (Å²) in [6.07, 6.45) is 1.10. The topological polar surface area (TPSA) is 0 Å². The highest BCUT2D eigenvalue weighted by Gasteiger charge is 1.98. The van der Waals surface area contributed by atoms with Crippen LogP contribution >= 0.6 is 22.6 Å². The van der Waals surface area contributed by atoms with E-state index in [2.05, 4.69) is 0 Å². The summed E-state index contributed by atoms with van der Waals surface area (Å²) >= 11 is 2.03. The van der Waals surface area contributed by atoms with Crippen LogP contribution in [-0.2, 0) is 6.42 Å². The summed E-state index contributed by atoms with van der Waals surface area (Å²) in [5.41, 5.74) is 1.26. The molecule has 0 saturated heterocycles. The predicted octanol–water partition coefficient (Wildman–Crippen LogP) is 1.76. The molecule has 0 N–H and O–H groups in total.